The Labute approximate surface area is 100 Å². The van der Waals surface area contributed by atoms with Crippen LogP contribution in [-0.2, 0) is 6.18 Å². The normalized spacial score (nSPS) is 16.4. The highest BCUT2D eigenvalue weighted by Crippen LogP contribution is 2.36. The number of carbonyl (C=O) groups excluding carboxylic acids is 1. The minimum Gasteiger partial charge on any atom is -0.365 e. The lowest BCUT2D eigenvalue weighted by Crippen LogP contribution is -2.38. The average Bonchev–Trinajstić information content (AvgIpc) is 2.15. The highest BCUT2D eigenvalue weighted by atomic mass is 19.4. The quantitative estimate of drug-likeness (QED) is 0.879. The van der Waals surface area contributed by atoms with Crippen LogP contribution in [0.3, 0.4) is 0 Å². The first-order valence-electron chi connectivity index (χ1n) is 5.45. The van der Waals surface area contributed by atoms with Crippen LogP contribution in [0.5, 0.6) is 0 Å². The van der Waals surface area contributed by atoms with Crippen molar-refractivity contribution in [3.63, 3.8) is 0 Å². The van der Waals surface area contributed by atoms with E-state index in [0.717, 1.165) is 18.6 Å². The van der Waals surface area contributed by atoms with Crippen molar-refractivity contribution in [2.45, 2.75) is 31.5 Å². The molecule has 0 aromatic carbocycles. The molecule has 0 unspecified atom stereocenters. The number of primary amides is 1. The second-order valence-electron chi connectivity index (χ2n) is 4.25. The third kappa shape index (κ3) is 2.00. The molecule has 0 aliphatic heterocycles. The van der Waals surface area contributed by atoms with Gasteiger partial charge >= 0.3 is 6.18 Å². The van der Waals surface area contributed by atoms with Crippen molar-refractivity contribution in [2.75, 3.05) is 0 Å². The van der Waals surface area contributed by atoms with Gasteiger partial charge < -0.3 is 10.3 Å². The van der Waals surface area contributed by atoms with E-state index >= 15 is 0 Å². The molecule has 2 rings (SSSR count). The molecule has 4 nitrogen and oxygen atoms in total. The smallest absolute Gasteiger partial charge is 0.365 e. The fourth-order valence-electron chi connectivity index (χ4n) is 1.98. The van der Waals surface area contributed by atoms with Crippen molar-refractivity contribution >= 4 is 5.91 Å². The molecular formula is C11H11F3N2O2. The van der Waals surface area contributed by atoms with Gasteiger partial charge in [0.05, 0.1) is 0 Å². The lowest BCUT2D eigenvalue weighted by atomic mass is 9.92. The summed E-state index contributed by atoms with van der Waals surface area (Å²) in [6.45, 7) is 0. The Kier molecular flexibility index (Phi) is 2.92. The van der Waals surface area contributed by atoms with Crippen LogP contribution in [0.4, 0.5) is 13.2 Å². The fourth-order valence-corrected chi connectivity index (χ4v) is 1.98. The van der Waals surface area contributed by atoms with Crippen LogP contribution in [0.1, 0.15) is 41.4 Å². The van der Waals surface area contributed by atoms with Crippen LogP contribution in [0, 0.1) is 0 Å². The highest BCUT2D eigenvalue weighted by Gasteiger charge is 2.38. The molecule has 1 aliphatic carbocycles. The first kappa shape index (κ1) is 12.7. The van der Waals surface area contributed by atoms with Gasteiger partial charge in [0.1, 0.15) is 11.3 Å². The molecule has 18 heavy (non-hydrogen) atoms. The second-order valence-corrected chi connectivity index (χ2v) is 4.25. The number of nitrogens with two attached hydrogens (primary N) is 1. The standard InChI is InChI=1S/C11H11F3N2O2/c12-11(13,14)8-5-4-7(9(15)17)10(18)16(8)6-2-1-3-6/h4-6H,1-3H2,(H2,15,17). The molecule has 1 amide bonds. The molecule has 0 atom stereocenters. The maximum absolute atomic E-state index is 12.8. The summed E-state index contributed by atoms with van der Waals surface area (Å²) >= 11 is 0. The van der Waals surface area contributed by atoms with E-state index in [1.807, 2.05) is 0 Å². The molecule has 1 fully saturated rings. The second kappa shape index (κ2) is 4.15. The Morgan fingerprint density at radius 2 is 1.94 bits per heavy atom. The summed E-state index contributed by atoms with van der Waals surface area (Å²) in [6, 6.07) is 1.08. The van der Waals surface area contributed by atoms with E-state index in [0.29, 0.717) is 17.4 Å². The predicted octanol–water partition coefficient (Wildman–Crippen LogP) is 1.69. The number of pyridine rings is 1. The lowest BCUT2D eigenvalue weighted by molar-refractivity contribution is -0.145. The first-order chi connectivity index (χ1) is 8.32. The van der Waals surface area contributed by atoms with Crippen molar-refractivity contribution in [3.8, 4) is 0 Å². The van der Waals surface area contributed by atoms with Gasteiger partial charge in [-0.25, -0.2) is 0 Å². The van der Waals surface area contributed by atoms with Crippen molar-refractivity contribution < 1.29 is 18.0 Å². The van der Waals surface area contributed by atoms with Crippen LogP contribution < -0.4 is 11.3 Å². The van der Waals surface area contributed by atoms with E-state index in [-0.39, 0.29) is 0 Å². The Hall–Kier alpha value is -1.79. The number of alkyl halides is 3. The summed E-state index contributed by atoms with van der Waals surface area (Å²) in [5.74, 6) is -1.01. The summed E-state index contributed by atoms with van der Waals surface area (Å²) in [5.41, 5.74) is 2.58. The van der Waals surface area contributed by atoms with E-state index in [9.17, 15) is 22.8 Å². The van der Waals surface area contributed by atoms with Gasteiger partial charge in [0, 0.05) is 6.04 Å². The predicted molar refractivity (Wildman–Crippen MR) is 57.1 cm³/mol. The van der Waals surface area contributed by atoms with Crippen molar-refractivity contribution in [2.24, 2.45) is 5.73 Å². The molecule has 0 spiro atoms. The van der Waals surface area contributed by atoms with E-state index in [2.05, 4.69) is 0 Å². The zero-order valence-corrected chi connectivity index (χ0v) is 9.33. The number of carbonyl (C=O) groups is 1. The lowest BCUT2D eigenvalue weighted by Gasteiger charge is -2.30. The van der Waals surface area contributed by atoms with E-state index in [1.54, 1.807) is 0 Å². The largest absolute Gasteiger partial charge is 0.431 e. The van der Waals surface area contributed by atoms with Gasteiger partial charge in [-0.3, -0.25) is 9.59 Å². The Balaban J connectivity index is 2.65. The summed E-state index contributed by atoms with van der Waals surface area (Å²) in [7, 11) is 0. The molecule has 1 aromatic rings. The van der Waals surface area contributed by atoms with Gasteiger partial charge in [0.2, 0.25) is 0 Å². The van der Waals surface area contributed by atoms with Crippen LogP contribution in [-0.4, -0.2) is 10.5 Å². The van der Waals surface area contributed by atoms with Gasteiger partial charge in [-0.15, -0.1) is 0 Å². The molecule has 1 aliphatic rings. The summed E-state index contributed by atoms with van der Waals surface area (Å²) in [6.07, 6.45) is -2.84. The van der Waals surface area contributed by atoms with Crippen molar-refractivity contribution in [1.82, 2.24) is 4.57 Å². The van der Waals surface area contributed by atoms with Crippen LogP contribution in [0.15, 0.2) is 16.9 Å². The minimum atomic E-state index is -4.62. The highest BCUT2D eigenvalue weighted by molar-refractivity contribution is 5.92. The van der Waals surface area contributed by atoms with Crippen molar-refractivity contribution in [3.05, 3.63) is 33.7 Å². The van der Waals surface area contributed by atoms with Crippen LogP contribution in [0.25, 0.3) is 0 Å². The van der Waals surface area contributed by atoms with E-state index < -0.39 is 34.9 Å². The molecule has 0 radical (unpaired) electrons. The number of hydrogen-bond acceptors (Lipinski definition) is 2. The van der Waals surface area contributed by atoms with Crippen LogP contribution >= 0.6 is 0 Å². The van der Waals surface area contributed by atoms with Gasteiger partial charge in [-0.05, 0) is 31.4 Å². The molecule has 0 bridgehead atoms. The first-order valence-corrected chi connectivity index (χ1v) is 5.45. The van der Waals surface area contributed by atoms with Crippen LogP contribution in [0.2, 0.25) is 0 Å². The Morgan fingerprint density at radius 3 is 2.33 bits per heavy atom. The molecular weight excluding hydrogens is 249 g/mol. The molecule has 98 valence electrons. The van der Waals surface area contributed by atoms with Gasteiger partial charge in [-0.1, -0.05) is 0 Å². The number of aromatic nitrogens is 1. The minimum absolute atomic E-state index is 0.408. The van der Waals surface area contributed by atoms with Gasteiger partial charge in [0.15, 0.2) is 0 Å². The third-order valence-electron chi connectivity index (χ3n) is 3.11. The Bertz CT molecular complexity index is 544. The zero-order chi connectivity index (χ0) is 13.5. The monoisotopic (exact) mass is 260 g/mol. The molecule has 7 heteroatoms. The molecule has 1 saturated carbocycles. The topological polar surface area (TPSA) is 65.1 Å². The summed E-state index contributed by atoms with van der Waals surface area (Å²) < 4.78 is 39.1. The summed E-state index contributed by atoms with van der Waals surface area (Å²) in [5, 5.41) is 0. The third-order valence-corrected chi connectivity index (χ3v) is 3.11. The van der Waals surface area contributed by atoms with E-state index in [1.165, 1.54) is 0 Å². The Morgan fingerprint density at radius 1 is 1.33 bits per heavy atom. The zero-order valence-electron chi connectivity index (χ0n) is 9.33. The molecule has 2 N–H and O–H groups in total. The average molecular weight is 260 g/mol. The van der Waals surface area contributed by atoms with Gasteiger partial charge in [0.25, 0.3) is 11.5 Å². The maximum atomic E-state index is 12.8. The number of amides is 1. The van der Waals surface area contributed by atoms with E-state index in [4.69, 9.17) is 5.73 Å². The fraction of sp³-hybridized carbons (Fsp3) is 0.455. The number of rotatable bonds is 2. The maximum Gasteiger partial charge on any atom is 0.431 e. The number of hydrogen-bond donors (Lipinski definition) is 1. The molecule has 1 aromatic heterocycles. The number of nitrogens with zero attached hydrogens (tertiary/aromatic N) is 1. The number of halogens is 3. The summed E-state index contributed by atoms with van der Waals surface area (Å²) in [4.78, 5) is 22.9. The molecule has 0 saturated heterocycles. The van der Waals surface area contributed by atoms with Gasteiger partial charge in [-0.2, -0.15) is 13.2 Å². The van der Waals surface area contributed by atoms with Crippen molar-refractivity contribution in [1.29, 1.82) is 0 Å². The molecule has 1 heterocycles. The SMILES string of the molecule is NC(=O)c1ccc(C(F)(F)F)n(C2CCC2)c1=O.